The van der Waals surface area contributed by atoms with Crippen molar-refractivity contribution in [3.8, 4) is 0 Å². The van der Waals surface area contributed by atoms with Crippen LogP contribution in [0.2, 0.25) is 10.0 Å². The molecule has 0 saturated carbocycles. The number of aliphatic carboxylic acids is 1. The summed E-state index contributed by atoms with van der Waals surface area (Å²) in [6, 6.07) is 9.84. The number of rotatable bonds is 4. The molecular formula is C20H18Cl2F3NO2. The second-order valence-corrected chi connectivity index (χ2v) is 7.66. The Morgan fingerprint density at radius 1 is 1.00 bits per heavy atom. The molecule has 3 rings (SSSR count). The molecule has 0 bridgehead atoms. The average molecular weight is 432 g/mol. The van der Waals surface area contributed by atoms with E-state index in [4.69, 9.17) is 23.2 Å². The molecule has 0 spiro atoms. The van der Waals surface area contributed by atoms with Crippen LogP contribution in [0.4, 0.5) is 13.2 Å². The van der Waals surface area contributed by atoms with E-state index in [0.29, 0.717) is 41.5 Å². The Labute approximate surface area is 170 Å². The Bertz CT molecular complexity index is 848. The van der Waals surface area contributed by atoms with Gasteiger partial charge >= 0.3 is 12.1 Å². The molecule has 3 nitrogen and oxygen atoms in total. The molecule has 0 aliphatic carbocycles. The Kier molecular flexibility index (Phi) is 6.22. The van der Waals surface area contributed by atoms with Gasteiger partial charge in [0, 0.05) is 0 Å². The van der Waals surface area contributed by atoms with Crippen molar-refractivity contribution in [3.05, 3.63) is 69.2 Å². The van der Waals surface area contributed by atoms with Crippen molar-refractivity contribution in [1.29, 1.82) is 0 Å². The molecule has 1 heterocycles. The van der Waals surface area contributed by atoms with Gasteiger partial charge in [-0.15, -0.1) is 0 Å². The van der Waals surface area contributed by atoms with E-state index in [0.717, 1.165) is 17.7 Å². The average Bonchev–Trinajstić information content (AvgIpc) is 2.65. The van der Waals surface area contributed by atoms with Crippen LogP contribution in [-0.2, 0) is 11.0 Å². The monoisotopic (exact) mass is 431 g/mol. The number of carbonyl (C=O) groups is 1. The second kappa shape index (κ2) is 8.31. The molecule has 2 aromatic rings. The number of carboxylic acid groups (broad SMARTS) is 1. The van der Waals surface area contributed by atoms with Gasteiger partial charge in [-0.2, -0.15) is 13.2 Å². The lowest BCUT2D eigenvalue weighted by Crippen LogP contribution is -2.39. The number of benzene rings is 2. The summed E-state index contributed by atoms with van der Waals surface area (Å²) < 4.78 is 38.7. The van der Waals surface area contributed by atoms with E-state index in [1.54, 1.807) is 18.2 Å². The molecule has 1 aliphatic rings. The van der Waals surface area contributed by atoms with Crippen LogP contribution >= 0.6 is 23.2 Å². The maximum Gasteiger partial charge on any atom is 0.416 e. The van der Waals surface area contributed by atoms with Gasteiger partial charge in [-0.05, 0) is 61.3 Å². The molecule has 1 saturated heterocycles. The summed E-state index contributed by atoms with van der Waals surface area (Å²) in [5.74, 6) is -1.22. The third-order valence-corrected chi connectivity index (χ3v) is 5.80. The van der Waals surface area contributed by atoms with E-state index < -0.39 is 23.6 Å². The molecule has 1 N–H and O–H groups in total. The van der Waals surface area contributed by atoms with Crippen LogP contribution in [0.25, 0.3) is 0 Å². The summed E-state index contributed by atoms with van der Waals surface area (Å²) in [5, 5.41) is 9.96. The molecule has 1 unspecified atom stereocenters. The molecule has 150 valence electrons. The van der Waals surface area contributed by atoms with E-state index in [9.17, 15) is 23.1 Å². The van der Waals surface area contributed by atoms with Gasteiger partial charge in [-0.1, -0.05) is 41.4 Å². The summed E-state index contributed by atoms with van der Waals surface area (Å²) in [6.45, 7) is 1.03. The smallest absolute Gasteiger partial charge is 0.416 e. The van der Waals surface area contributed by atoms with Crippen molar-refractivity contribution in [3.63, 3.8) is 0 Å². The van der Waals surface area contributed by atoms with Crippen molar-refractivity contribution in [1.82, 2.24) is 4.90 Å². The lowest BCUT2D eigenvalue weighted by atomic mass is 9.91. The van der Waals surface area contributed by atoms with Gasteiger partial charge in [0.05, 0.1) is 27.6 Å². The highest BCUT2D eigenvalue weighted by Crippen LogP contribution is 2.37. The zero-order chi connectivity index (χ0) is 20.5. The Morgan fingerprint density at radius 2 is 1.57 bits per heavy atom. The van der Waals surface area contributed by atoms with Gasteiger partial charge in [0.15, 0.2) is 0 Å². The largest absolute Gasteiger partial charge is 0.481 e. The van der Waals surface area contributed by atoms with Crippen LogP contribution < -0.4 is 0 Å². The first kappa shape index (κ1) is 21.0. The van der Waals surface area contributed by atoms with Gasteiger partial charge in [0.2, 0.25) is 0 Å². The highest BCUT2D eigenvalue weighted by Gasteiger charge is 2.33. The summed E-state index contributed by atoms with van der Waals surface area (Å²) in [4.78, 5) is 13.3. The predicted molar refractivity (Wildman–Crippen MR) is 102 cm³/mol. The number of likely N-dealkylation sites (tertiary alicyclic amines) is 1. The number of halogens is 5. The number of hydrogen-bond acceptors (Lipinski definition) is 2. The van der Waals surface area contributed by atoms with Crippen LogP contribution in [0, 0.1) is 5.92 Å². The van der Waals surface area contributed by atoms with Crippen LogP contribution in [0.3, 0.4) is 0 Å². The Balaban J connectivity index is 1.95. The van der Waals surface area contributed by atoms with Crippen LogP contribution in [-0.4, -0.2) is 29.1 Å². The third-order valence-electron chi connectivity index (χ3n) is 5.06. The Morgan fingerprint density at radius 3 is 2.07 bits per heavy atom. The normalized spacial score (nSPS) is 17.5. The zero-order valence-corrected chi connectivity index (χ0v) is 16.2. The number of carboxylic acids is 1. The van der Waals surface area contributed by atoms with Crippen molar-refractivity contribution in [2.45, 2.75) is 25.1 Å². The van der Waals surface area contributed by atoms with E-state index in [1.807, 2.05) is 0 Å². The zero-order valence-electron chi connectivity index (χ0n) is 14.7. The number of alkyl halides is 3. The van der Waals surface area contributed by atoms with E-state index in [2.05, 4.69) is 4.90 Å². The van der Waals surface area contributed by atoms with Crippen molar-refractivity contribution in [2.75, 3.05) is 13.1 Å². The molecule has 0 amide bonds. The topological polar surface area (TPSA) is 40.5 Å². The minimum Gasteiger partial charge on any atom is -0.481 e. The van der Waals surface area contributed by atoms with Crippen molar-refractivity contribution in [2.24, 2.45) is 5.92 Å². The Hall–Kier alpha value is -1.76. The molecule has 2 aromatic carbocycles. The first-order valence-corrected chi connectivity index (χ1v) is 9.51. The minimum atomic E-state index is -4.41. The standard InChI is InChI=1S/C20H18Cl2F3NO2/c21-16-6-3-14(11-17(16)22)18(26-9-7-13(8-10-26)19(27)28)12-1-4-15(5-2-12)20(23,24)25/h1-6,11,13,18H,7-10H2,(H,27,28). The van der Waals surface area contributed by atoms with Gasteiger partial charge in [-0.3, -0.25) is 9.69 Å². The second-order valence-electron chi connectivity index (χ2n) is 6.84. The maximum absolute atomic E-state index is 12.9. The van der Waals surface area contributed by atoms with Crippen LogP contribution in [0.1, 0.15) is 35.6 Å². The number of nitrogens with zero attached hydrogens (tertiary/aromatic N) is 1. The molecule has 0 radical (unpaired) electrons. The van der Waals surface area contributed by atoms with E-state index >= 15 is 0 Å². The van der Waals surface area contributed by atoms with E-state index in [-0.39, 0.29) is 6.04 Å². The summed E-state index contributed by atoms with van der Waals surface area (Å²) in [6.07, 6.45) is -3.45. The fraction of sp³-hybridized carbons (Fsp3) is 0.350. The van der Waals surface area contributed by atoms with Gasteiger partial charge in [0.1, 0.15) is 0 Å². The summed E-state index contributed by atoms with van der Waals surface area (Å²) in [7, 11) is 0. The lowest BCUT2D eigenvalue weighted by Gasteiger charge is -2.37. The molecule has 8 heteroatoms. The summed E-state index contributed by atoms with van der Waals surface area (Å²) >= 11 is 12.2. The first-order chi connectivity index (χ1) is 13.2. The highest BCUT2D eigenvalue weighted by molar-refractivity contribution is 6.42. The molecule has 1 aliphatic heterocycles. The highest BCUT2D eigenvalue weighted by atomic mass is 35.5. The summed E-state index contributed by atoms with van der Waals surface area (Å²) in [5.41, 5.74) is 0.761. The fourth-order valence-electron chi connectivity index (χ4n) is 3.56. The molecular weight excluding hydrogens is 414 g/mol. The molecule has 0 aromatic heterocycles. The van der Waals surface area contributed by atoms with Crippen LogP contribution in [0.15, 0.2) is 42.5 Å². The quantitative estimate of drug-likeness (QED) is 0.654. The van der Waals surface area contributed by atoms with Crippen molar-refractivity contribution >= 4 is 29.2 Å². The number of hydrogen-bond donors (Lipinski definition) is 1. The first-order valence-electron chi connectivity index (χ1n) is 8.76. The predicted octanol–water partition coefficient (Wildman–Crippen LogP) is 5.90. The van der Waals surface area contributed by atoms with Gasteiger partial charge in [-0.25, -0.2) is 0 Å². The number of piperidine rings is 1. The van der Waals surface area contributed by atoms with Crippen molar-refractivity contribution < 1.29 is 23.1 Å². The van der Waals surface area contributed by atoms with Gasteiger partial charge in [0.25, 0.3) is 0 Å². The lowest BCUT2D eigenvalue weighted by molar-refractivity contribution is -0.143. The molecule has 28 heavy (non-hydrogen) atoms. The van der Waals surface area contributed by atoms with Crippen LogP contribution in [0.5, 0.6) is 0 Å². The molecule has 1 fully saturated rings. The van der Waals surface area contributed by atoms with Gasteiger partial charge < -0.3 is 5.11 Å². The van der Waals surface area contributed by atoms with E-state index in [1.165, 1.54) is 12.1 Å². The SMILES string of the molecule is O=C(O)C1CCN(C(c2ccc(C(F)(F)F)cc2)c2ccc(Cl)c(Cl)c2)CC1. The third kappa shape index (κ3) is 4.62. The minimum absolute atomic E-state index is 0.341. The maximum atomic E-state index is 12.9. The molecule has 1 atom stereocenters. The fourth-order valence-corrected chi connectivity index (χ4v) is 3.86.